The van der Waals surface area contributed by atoms with Gasteiger partial charge in [-0.1, -0.05) is 53.2 Å². The molecule has 3 aromatic rings. The summed E-state index contributed by atoms with van der Waals surface area (Å²) >= 11 is 13.4. The van der Waals surface area contributed by atoms with Crippen LogP contribution in [0, 0.1) is 5.82 Å². The van der Waals surface area contributed by atoms with E-state index in [1.807, 2.05) is 0 Å². The summed E-state index contributed by atoms with van der Waals surface area (Å²) in [7, 11) is 0.809. The highest BCUT2D eigenvalue weighted by Gasteiger charge is 2.35. The molecule has 0 atom stereocenters. The number of carbonyl (C=O) groups excluding carboxylic acids is 1. The van der Waals surface area contributed by atoms with E-state index in [4.69, 9.17) is 23.2 Å². The van der Waals surface area contributed by atoms with Gasteiger partial charge >= 0.3 is 11.9 Å². The van der Waals surface area contributed by atoms with Crippen LogP contribution in [0.2, 0.25) is 10.0 Å². The molecule has 0 bridgehead atoms. The number of aliphatic imine (C=N–C) groups is 1. The van der Waals surface area contributed by atoms with Crippen molar-refractivity contribution in [1.82, 2.24) is 14.0 Å². The number of hydrogen-bond donors (Lipinski definition) is 0. The molecule has 188 valence electrons. The first kappa shape index (κ1) is 26.0. The smallest absolute Gasteiger partial charge is 0.292 e. The summed E-state index contributed by atoms with van der Waals surface area (Å²) in [6, 6.07) is 8.79. The maximum atomic E-state index is 14.8. The molecule has 0 unspecified atom stereocenters. The summed E-state index contributed by atoms with van der Waals surface area (Å²) in [5.74, 6) is -1.34. The van der Waals surface area contributed by atoms with Gasteiger partial charge in [-0.05, 0) is 23.8 Å². The van der Waals surface area contributed by atoms with E-state index in [1.54, 1.807) is 24.3 Å². The zero-order valence-electron chi connectivity index (χ0n) is 18.1. The standard InChI is InChI=1S/C22H14Cl2F4N4O3S/c1-30-17(22(26,27)28)8-18(33)32(21(30)35)16-7-15(13(24)6-14(16)25)29-20-31(19(34)10-36-20)9-11-4-2-3-5-12(11)23/h2-8H,9-10H2,1H3. The van der Waals surface area contributed by atoms with Crippen LogP contribution in [-0.4, -0.2) is 30.9 Å². The summed E-state index contributed by atoms with van der Waals surface area (Å²) in [5, 5.41) is 0.423. The Morgan fingerprint density at radius 2 is 1.75 bits per heavy atom. The highest BCUT2D eigenvalue weighted by atomic mass is 35.5. The zero-order chi connectivity index (χ0) is 26.4. The highest BCUT2D eigenvalue weighted by Crippen LogP contribution is 2.33. The molecule has 0 N–H and O–H groups in total. The fourth-order valence-electron chi connectivity index (χ4n) is 3.44. The molecular formula is C22H14Cl2F4N4O3S. The van der Waals surface area contributed by atoms with Gasteiger partial charge in [-0.3, -0.25) is 19.1 Å². The number of thioether (sulfide) groups is 1. The topological polar surface area (TPSA) is 76.7 Å². The second-order valence-corrected chi connectivity index (χ2v) is 9.31. The van der Waals surface area contributed by atoms with Gasteiger partial charge in [-0.2, -0.15) is 13.2 Å². The lowest BCUT2D eigenvalue weighted by atomic mass is 10.2. The predicted molar refractivity (Wildman–Crippen MR) is 129 cm³/mol. The molecule has 1 saturated heterocycles. The quantitative estimate of drug-likeness (QED) is 0.431. The minimum atomic E-state index is -4.97. The summed E-state index contributed by atoms with van der Waals surface area (Å²) in [5.41, 5.74) is -4.40. The minimum Gasteiger partial charge on any atom is -0.292 e. The molecule has 0 saturated carbocycles. The fraction of sp³-hybridized carbons (Fsp3) is 0.182. The van der Waals surface area contributed by atoms with E-state index < -0.39 is 34.6 Å². The Labute approximate surface area is 214 Å². The number of amides is 1. The molecule has 1 aliphatic heterocycles. The normalized spacial score (nSPS) is 15.2. The van der Waals surface area contributed by atoms with E-state index >= 15 is 0 Å². The third kappa shape index (κ3) is 4.93. The Kier molecular flexibility index (Phi) is 7.04. The van der Waals surface area contributed by atoms with Crippen molar-refractivity contribution < 1.29 is 22.4 Å². The molecule has 0 aliphatic carbocycles. The van der Waals surface area contributed by atoms with Crippen molar-refractivity contribution >= 4 is 51.7 Å². The van der Waals surface area contributed by atoms with Crippen molar-refractivity contribution in [1.29, 1.82) is 0 Å². The third-order valence-electron chi connectivity index (χ3n) is 5.23. The van der Waals surface area contributed by atoms with Gasteiger partial charge in [0.25, 0.3) is 5.56 Å². The number of amidine groups is 1. The number of halogens is 6. The highest BCUT2D eigenvalue weighted by molar-refractivity contribution is 8.15. The number of benzene rings is 2. The van der Waals surface area contributed by atoms with E-state index in [1.165, 1.54) is 4.90 Å². The summed E-state index contributed by atoms with van der Waals surface area (Å²) < 4.78 is 54.7. The van der Waals surface area contributed by atoms with Gasteiger partial charge in [-0.15, -0.1) is 0 Å². The molecule has 1 amide bonds. The fourth-order valence-corrected chi connectivity index (χ4v) is 4.72. The Morgan fingerprint density at radius 1 is 1.06 bits per heavy atom. The lowest BCUT2D eigenvalue weighted by molar-refractivity contribution is -0.144. The lowest BCUT2D eigenvalue weighted by Crippen LogP contribution is -2.41. The molecule has 7 nitrogen and oxygen atoms in total. The number of alkyl halides is 3. The van der Waals surface area contributed by atoms with Crippen LogP contribution in [0.4, 0.5) is 23.2 Å². The average molecular weight is 561 g/mol. The van der Waals surface area contributed by atoms with Crippen LogP contribution in [0.5, 0.6) is 0 Å². The molecular weight excluding hydrogens is 547 g/mol. The minimum absolute atomic E-state index is 0.0634. The first-order chi connectivity index (χ1) is 16.9. The zero-order valence-corrected chi connectivity index (χ0v) is 20.5. The second-order valence-electron chi connectivity index (χ2n) is 7.55. The van der Waals surface area contributed by atoms with Gasteiger partial charge in [-0.25, -0.2) is 18.7 Å². The van der Waals surface area contributed by atoms with E-state index in [0.717, 1.165) is 30.9 Å². The first-order valence-corrected chi connectivity index (χ1v) is 11.8. The number of carbonyl (C=O) groups is 1. The molecule has 36 heavy (non-hydrogen) atoms. The molecule has 2 aromatic carbocycles. The molecule has 1 fully saturated rings. The van der Waals surface area contributed by atoms with E-state index in [2.05, 4.69) is 4.99 Å². The third-order valence-corrected chi connectivity index (χ3v) is 6.86. The van der Waals surface area contributed by atoms with Crippen LogP contribution in [0.1, 0.15) is 11.3 Å². The van der Waals surface area contributed by atoms with Gasteiger partial charge in [0.15, 0.2) is 5.17 Å². The molecule has 4 rings (SSSR count). The second kappa shape index (κ2) is 9.75. The first-order valence-electron chi connectivity index (χ1n) is 10.0. The Hall–Kier alpha value is -3.09. The summed E-state index contributed by atoms with van der Waals surface area (Å²) in [4.78, 5) is 43.2. The number of aromatic nitrogens is 2. The monoisotopic (exact) mass is 560 g/mol. The predicted octanol–water partition coefficient (Wildman–Crippen LogP) is 4.76. The van der Waals surface area contributed by atoms with Crippen LogP contribution in [0.15, 0.2) is 57.0 Å². The van der Waals surface area contributed by atoms with Crippen LogP contribution < -0.4 is 11.2 Å². The van der Waals surface area contributed by atoms with Crippen molar-refractivity contribution in [2.75, 3.05) is 5.75 Å². The van der Waals surface area contributed by atoms with Gasteiger partial charge in [0, 0.05) is 18.1 Å². The summed E-state index contributed by atoms with van der Waals surface area (Å²) in [6.45, 7) is 0.0922. The van der Waals surface area contributed by atoms with E-state index in [0.29, 0.717) is 10.6 Å². The number of rotatable bonds is 4. The van der Waals surface area contributed by atoms with Crippen LogP contribution >= 0.6 is 35.0 Å². The van der Waals surface area contributed by atoms with Crippen LogP contribution in [0.3, 0.4) is 0 Å². The van der Waals surface area contributed by atoms with Gasteiger partial charge in [0.2, 0.25) is 5.91 Å². The molecule has 0 radical (unpaired) electrons. The largest absolute Gasteiger partial charge is 0.431 e. The van der Waals surface area contributed by atoms with Crippen LogP contribution in [0.25, 0.3) is 5.69 Å². The summed E-state index contributed by atoms with van der Waals surface area (Å²) in [6.07, 6.45) is -4.97. The molecule has 14 heteroatoms. The Bertz CT molecular complexity index is 1540. The maximum absolute atomic E-state index is 14.8. The SMILES string of the molecule is Cn1c(C(F)(F)F)cc(=O)n(-c2cc(N=C3SCC(=O)N3Cc3ccccc3Cl)c(Cl)cc2F)c1=O. The Balaban J connectivity index is 1.81. The van der Waals surface area contributed by atoms with Gasteiger partial charge in [0.1, 0.15) is 11.5 Å². The van der Waals surface area contributed by atoms with E-state index in [-0.39, 0.29) is 49.3 Å². The number of nitrogens with zero attached hydrogens (tertiary/aromatic N) is 4. The lowest BCUT2D eigenvalue weighted by Gasteiger charge is -2.17. The molecule has 0 spiro atoms. The number of hydrogen-bond acceptors (Lipinski definition) is 5. The Morgan fingerprint density at radius 3 is 2.42 bits per heavy atom. The average Bonchev–Trinajstić information content (AvgIpc) is 3.13. The van der Waals surface area contributed by atoms with Gasteiger partial charge in [0.05, 0.1) is 28.7 Å². The van der Waals surface area contributed by atoms with Gasteiger partial charge < -0.3 is 0 Å². The van der Waals surface area contributed by atoms with Crippen LogP contribution in [-0.2, 0) is 24.6 Å². The van der Waals surface area contributed by atoms with Crippen molar-refractivity contribution in [3.63, 3.8) is 0 Å². The van der Waals surface area contributed by atoms with Crippen molar-refractivity contribution in [3.05, 3.63) is 90.4 Å². The van der Waals surface area contributed by atoms with Crippen molar-refractivity contribution in [2.24, 2.45) is 12.0 Å². The maximum Gasteiger partial charge on any atom is 0.431 e. The van der Waals surface area contributed by atoms with Crippen molar-refractivity contribution in [3.8, 4) is 5.69 Å². The molecule has 1 aromatic heterocycles. The molecule has 2 heterocycles. The van der Waals surface area contributed by atoms with Crippen molar-refractivity contribution in [2.45, 2.75) is 12.7 Å². The molecule has 1 aliphatic rings. The van der Waals surface area contributed by atoms with E-state index in [9.17, 15) is 31.9 Å².